The number of alkyl halides is 2. The summed E-state index contributed by atoms with van der Waals surface area (Å²) >= 11 is 0. The lowest BCUT2D eigenvalue weighted by molar-refractivity contribution is -0.0498. The first-order valence-corrected chi connectivity index (χ1v) is 11.0. The molecule has 0 aliphatic carbocycles. The fourth-order valence-corrected chi connectivity index (χ4v) is 3.91. The van der Waals surface area contributed by atoms with Gasteiger partial charge in [0, 0.05) is 24.7 Å². The molecule has 0 atom stereocenters. The molecule has 39 heavy (non-hydrogen) atoms. The zero-order chi connectivity index (χ0) is 28.4. The molecule has 0 spiro atoms. The second-order valence-electron chi connectivity index (χ2n) is 7.94. The van der Waals surface area contributed by atoms with E-state index in [1.165, 1.54) is 26.3 Å². The van der Waals surface area contributed by atoms with Gasteiger partial charge in [-0.2, -0.15) is 14.0 Å². The molecule has 1 N–H and O–H groups in total. The molecule has 8 nitrogen and oxygen atoms in total. The molecular weight excluding hydrogens is 527 g/mol. The molecule has 4 aromatic rings. The number of carbonyl (C=O) groups excluding carboxylic acids is 1. The van der Waals surface area contributed by atoms with Crippen molar-refractivity contribution < 1.29 is 36.2 Å². The molecule has 0 bridgehead atoms. The van der Waals surface area contributed by atoms with Gasteiger partial charge in [0.2, 0.25) is 0 Å². The number of hydrogen-bond acceptors (Lipinski definition) is 5. The maximum absolute atomic E-state index is 15.1. The van der Waals surface area contributed by atoms with Crippen molar-refractivity contribution in [1.29, 1.82) is 5.26 Å². The van der Waals surface area contributed by atoms with E-state index in [4.69, 9.17) is 4.74 Å². The van der Waals surface area contributed by atoms with Crippen LogP contribution in [0, 0.1) is 28.8 Å². The molecule has 0 aliphatic rings. The number of nitrogens with zero attached hydrogens (tertiary/aromatic N) is 3. The number of anilines is 1. The zero-order valence-electron chi connectivity index (χ0n) is 20.1. The van der Waals surface area contributed by atoms with Crippen LogP contribution in [0.3, 0.4) is 0 Å². The summed E-state index contributed by atoms with van der Waals surface area (Å²) in [5, 5.41) is 11.5. The van der Waals surface area contributed by atoms with Gasteiger partial charge < -0.3 is 14.8 Å². The molecule has 1 aromatic heterocycles. The summed E-state index contributed by atoms with van der Waals surface area (Å²) in [6.45, 7) is -3.09. The molecule has 0 saturated carbocycles. The number of methoxy groups -OCH3 is 1. The molecule has 0 aliphatic heterocycles. The second-order valence-corrected chi connectivity index (χ2v) is 7.94. The van der Waals surface area contributed by atoms with E-state index >= 15 is 13.2 Å². The van der Waals surface area contributed by atoms with E-state index in [-0.39, 0.29) is 17.1 Å². The van der Waals surface area contributed by atoms with Gasteiger partial charge in [0.05, 0.1) is 18.2 Å². The number of amides is 1. The van der Waals surface area contributed by atoms with Gasteiger partial charge in [-0.1, -0.05) is 6.07 Å². The van der Waals surface area contributed by atoms with Crippen molar-refractivity contribution in [1.82, 2.24) is 9.36 Å². The first-order chi connectivity index (χ1) is 18.6. The number of aromatic nitrogens is 2. The molecule has 200 valence electrons. The quantitative estimate of drug-likeness (QED) is 0.331. The highest BCUT2D eigenvalue weighted by molar-refractivity contribution is 6.06. The Bertz CT molecular complexity index is 1650. The molecule has 4 rings (SSSR count). The molecule has 0 saturated heterocycles. The second kappa shape index (κ2) is 10.7. The molecule has 0 fully saturated rings. The van der Waals surface area contributed by atoms with Crippen LogP contribution in [0.4, 0.5) is 27.6 Å². The van der Waals surface area contributed by atoms with Gasteiger partial charge in [-0.05, 0) is 36.4 Å². The number of nitriles is 1. The van der Waals surface area contributed by atoms with Gasteiger partial charge in [0.25, 0.3) is 11.5 Å². The normalized spacial score (nSPS) is 10.8. The Kier molecular flexibility index (Phi) is 7.39. The van der Waals surface area contributed by atoms with Crippen molar-refractivity contribution in [3.8, 4) is 34.5 Å². The maximum Gasteiger partial charge on any atom is 0.387 e. The number of ether oxygens (including phenoxy) is 2. The van der Waals surface area contributed by atoms with Crippen LogP contribution >= 0.6 is 0 Å². The highest BCUT2D eigenvalue weighted by Crippen LogP contribution is 2.34. The molecule has 0 radical (unpaired) electrons. The lowest BCUT2D eigenvalue weighted by atomic mass is 10.1. The zero-order valence-corrected chi connectivity index (χ0v) is 20.1. The maximum atomic E-state index is 15.1. The SMILES string of the molecule is COc1cc(F)c(-c2c(NC(=O)c3ccc(OC(F)F)cc3)c(=O)n(-c3cccc(C#N)c3F)n2C)c(F)c1. The largest absolute Gasteiger partial charge is 0.497 e. The monoisotopic (exact) mass is 544 g/mol. The minimum Gasteiger partial charge on any atom is -0.497 e. The third kappa shape index (κ3) is 5.04. The van der Waals surface area contributed by atoms with Crippen LogP contribution in [0.1, 0.15) is 15.9 Å². The van der Waals surface area contributed by atoms with Crippen LogP contribution in [0.5, 0.6) is 11.5 Å². The standard InChI is InChI=1S/C26H17F5N4O4/c1-34-23(20-17(27)10-16(38-2)11-18(20)28)22(25(37)35(34)19-5-3-4-14(12-32)21(19)29)33-24(36)13-6-8-15(9-7-13)39-26(30)31/h3-11,26H,1-2H3,(H,33,36). The Hall–Kier alpha value is -5.12. The Morgan fingerprint density at radius 2 is 1.67 bits per heavy atom. The van der Waals surface area contributed by atoms with Crippen LogP contribution in [-0.4, -0.2) is 29.0 Å². The number of benzene rings is 3. The average molecular weight is 544 g/mol. The number of hydrogen-bond donors (Lipinski definition) is 1. The minimum atomic E-state index is -3.09. The summed E-state index contributed by atoms with van der Waals surface area (Å²) in [6.07, 6.45) is 0. The lowest BCUT2D eigenvalue weighted by Gasteiger charge is -2.13. The molecule has 1 amide bonds. The third-order valence-corrected chi connectivity index (χ3v) is 5.66. The number of halogens is 5. The summed E-state index contributed by atoms with van der Waals surface area (Å²) in [4.78, 5) is 26.5. The average Bonchev–Trinajstić information content (AvgIpc) is 3.12. The van der Waals surface area contributed by atoms with Crippen molar-refractivity contribution in [2.24, 2.45) is 7.05 Å². The predicted molar refractivity (Wildman–Crippen MR) is 129 cm³/mol. The van der Waals surface area contributed by atoms with Crippen LogP contribution in [-0.2, 0) is 7.05 Å². The predicted octanol–water partition coefficient (Wildman–Crippen LogP) is 4.99. The smallest absolute Gasteiger partial charge is 0.387 e. The fourth-order valence-electron chi connectivity index (χ4n) is 3.91. The van der Waals surface area contributed by atoms with Gasteiger partial charge in [0.15, 0.2) is 5.82 Å². The van der Waals surface area contributed by atoms with Crippen molar-refractivity contribution in [2.75, 3.05) is 12.4 Å². The van der Waals surface area contributed by atoms with E-state index in [0.29, 0.717) is 4.68 Å². The summed E-state index contributed by atoms with van der Waals surface area (Å²) in [7, 11) is 2.39. The van der Waals surface area contributed by atoms with E-state index in [1.807, 2.05) is 0 Å². The summed E-state index contributed by atoms with van der Waals surface area (Å²) < 4.78 is 80.9. The fraction of sp³-hybridized carbons (Fsp3) is 0.115. The molecule has 1 heterocycles. The number of carbonyl (C=O) groups is 1. The van der Waals surface area contributed by atoms with Gasteiger partial charge in [-0.15, -0.1) is 0 Å². The van der Waals surface area contributed by atoms with Gasteiger partial charge in [0.1, 0.15) is 46.3 Å². The van der Waals surface area contributed by atoms with E-state index in [0.717, 1.165) is 47.1 Å². The van der Waals surface area contributed by atoms with Crippen molar-refractivity contribution >= 4 is 11.6 Å². The summed E-state index contributed by atoms with van der Waals surface area (Å²) in [6, 6.07) is 11.4. The van der Waals surface area contributed by atoms with Crippen LogP contribution in [0.25, 0.3) is 16.9 Å². The first-order valence-electron chi connectivity index (χ1n) is 11.0. The minimum absolute atomic E-state index is 0.120. The van der Waals surface area contributed by atoms with Gasteiger partial charge in [-0.3, -0.25) is 14.3 Å². The topological polar surface area (TPSA) is 98.3 Å². The lowest BCUT2D eigenvalue weighted by Crippen LogP contribution is -2.24. The highest BCUT2D eigenvalue weighted by Gasteiger charge is 2.29. The molecule has 3 aromatic carbocycles. The van der Waals surface area contributed by atoms with Crippen molar-refractivity contribution in [2.45, 2.75) is 6.61 Å². The van der Waals surface area contributed by atoms with Crippen molar-refractivity contribution in [3.63, 3.8) is 0 Å². The highest BCUT2D eigenvalue weighted by atomic mass is 19.3. The van der Waals surface area contributed by atoms with Gasteiger partial charge in [-0.25, -0.2) is 17.9 Å². The molecule has 13 heteroatoms. The Balaban J connectivity index is 1.92. The molecule has 0 unspecified atom stereocenters. The third-order valence-electron chi connectivity index (χ3n) is 5.66. The first kappa shape index (κ1) is 26.9. The Morgan fingerprint density at radius 3 is 2.23 bits per heavy atom. The summed E-state index contributed by atoms with van der Waals surface area (Å²) in [5.41, 5.74) is -3.85. The molecular formula is C26H17F5N4O4. The van der Waals surface area contributed by atoms with Gasteiger partial charge >= 0.3 is 6.61 Å². The van der Waals surface area contributed by atoms with E-state index in [9.17, 15) is 23.6 Å². The van der Waals surface area contributed by atoms with E-state index < -0.39 is 63.7 Å². The number of rotatable bonds is 7. The summed E-state index contributed by atoms with van der Waals surface area (Å²) in [5.74, 6) is -4.75. The Labute approximate surface area is 217 Å². The van der Waals surface area contributed by atoms with Crippen LogP contribution < -0.4 is 20.3 Å². The van der Waals surface area contributed by atoms with E-state index in [1.54, 1.807) is 6.07 Å². The number of nitrogens with one attached hydrogen (secondary N) is 1. The Morgan fingerprint density at radius 1 is 1.03 bits per heavy atom. The van der Waals surface area contributed by atoms with Crippen LogP contribution in [0.15, 0.2) is 59.4 Å². The van der Waals surface area contributed by atoms with Crippen molar-refractivity contribution in [3.05, 3.63) is 93.5 Å². The van der Waals surface area contributed by atoms with E-state index in [2.05, 4.69) is 10.1 Å². The van der Waals surface area contributed by atoms with Crippen LogP contribution in [0.2, 0.25) is 0 Å².